The van der Waals surface area contributed by atoms with Crippen LogP contribution in [0.15, 0.2) is 42.5 Å². The van der Waals surface area contributed by atoms with Crippen LogP contribution < -0.4 is 4.90 Å². The smallest absolute Gasteiger partial charge is 0.414 e. The van der Waals surface area contributed by atoms with Crippen LogP contribution in [0.4, 0.5) is 19.3 Å². The van der Waals surface area contributed by atoms with Crippen molar-refractivity contribution in [3.8, 4) is 0 Å². The topological polar surface area (TPSA) is 49.9 Å². The van der Waals surface area contributed by atoms with Gasteiger partial charge < -0.3 is 9.64 Å². The summed E-state index contributed by atoms with van der Waals surface area (Å²) in [6, 6.07) is 9.39. The highest BCUT2D eigenvalue weighted by molar-refractivity contribution is 5.95. The predicted octanol–water partition coefficient (Wildman–Crippen LogP) is 3.34. The van der Waals surface area contributed by atoms with Gasteiger partial charge in [0.15, 0.2) is 0 Å². The molecule has 0 radical (unpaired) electrons. The quantitative estimate of drug-likeness (QED) is 0.786. The summed E-state index contributed by atoms with van der Waals surface area (Å²) < 4.78 is 32.4. The second kappa shape index (κ2) is 6.40. The van der Waals surface area contributed by atoms with Gasteiger partial charge in [0, 0.05) is 18.7 Å². The lowest BCUT2D eigenvalue weighted by Gasteiger charge is -2.32. The average Bonchev–Trinajstić information content (AvgIpc) is 2.97. The summed E-state index contributed by atoms with van der Waals surface area (Å²) in [5, 5.41) is 0. The van der Waals surface area contributed by atoms with Crippen molar-refractivity contribution in [3.05, 3.63) is 65.2 Å². The lowest BCUT2D eigenvalue weighted by atomic mass is 10.0. The van der Waals surface area contributed by atoms with E-state index in [1.807, 2.05) is 0 Å². The number of fused-ring (bicyclic) bond motifs is 3. The molecule has 0 N–H and O–H groups in total. The van der Waals surface area contributed by atoms with E-state index in [1.165, 1.54) is 35.2 Å². The molecule has 0 aromatic heterocycles. The number of hydrogen-bond acceptors (Lipinski definition) is 3. The Balaban J connectivity index is 1.71. The van der Waals surface area contributed by atoms with Crippen LogP contribution in [-0.4, -0.2) is 36.1 Å². The van der Waals surface area contributed by atoms with Gasteiger partial charge in [-0.2, -0.15) is 0 Å². The lowest BCUT2D eigenvalue weighted by molar-refractivity contribution is 0.0734. The molecule has 2 aliphatic rings. The van der Waals surface area contributed by atoms with E-state index in [0.717, 1.165) is 0 Å². The Morgan fingerprint density at radius 3 is 2.73 bits per heavy atom. The van der Waals surface area contributed by atoms with Crippen molar-refractivity contribution >= 4 is 17.7 Å². The molecule has 4 rings (SSSR count). The first-order valence-corrected chi connectivity index (χ1v) is 8.32. The molecule has 2 aromatic carbocycles. The minimum atomic E-state index is -0.508. The van der Waals surface area contributed by atoms with E-state index in [0.29, 0.717) is 24.2 Å². The van der Waals surface area contributed by atoms with Crippen LogP contribution in [-0.2, 0) is 11.3 Å². The van der Waals surface area contributed by atoms with Crippen LogP contribution in [0.5, 0.6) is 0 Å². The molecule has 2 aromatic rings. The summed E-state index contributed by atoms with van der Waals surface area (Å²) in [6.45, 7) is 0.766. The van der Waals surface area contributed by atoms with Gasteiger partial charge in [0.1, 0.15) is 18.2 Å². The van der Waals surface area contributed by atoms with Gasteiger partial charge in [-0.15, -0.1) is 0 Å². The summed E-state index contributed by atoms with van der Waals surface area (Å²) in [4.78, 5) is 28.0. The number of halogens is 2. The van der Waals surface area contributed by atoms with Gasteiger partial charge in [-0.05, 0) is 42.3 Å². The van der Waals surface area contributed by atoms with E-state index in [1.54, 1.807) is 17.0 Å². The Bertz CT molecular complexity index is 887. The molecule has 0 aliphatic carbocycles. The first kappa shape index (κ1) is 16.5. The van der Waals surface area contributed by atoms with Crippen molar-refractivity contribution < 1.29 is 23.1 Å². The summed E-state index contributed by atoms with van der Waals surface area (Å²) in [5.74, 6) is -1.25. The molecule has 0 saturated carbocycles. The molecule has 2 heterocycles. The zero-order chi connectivity index (χ0) is 18.3. The molecular weight excluding hydrogens is 342 g/mol. The zero-order valence-corrected chi connectivity index (χ0v) is 13.8. The van der Waals surface area contributed by atoms with Gasteiger partial charge in [-0.3, -0.25) is 9.69 Å². The van der Waals surface area contributed by atoms with Gasteiger partial charge >= 0.3 is 6.09 Å². The number of benzene rings is 2. The SMILES string of the molecule is O=C(c1cccc(F)c1)N1CCC2COC(=O)N2c2cc(F)ccc2C1. The Hall–Kier alpha value is -2.96. The van der Waals surface area contributed by atoms with Crippen LogP contribution in [0, 0.1) is 11.6 Å². The molecule has 26 heavy (non-hydrogen) atoms. The summed E-state index contributed by atoms with van der Waals surface area (Å²) in [5.41, 5.74) is 1.30. The molecule has 0 bridgehead atoms. The van der Waals surface area contributed by atoms with E-state index in [-0.39, 0.29) is 30.7 Å². The largest absolute Gasteiger partial charge is 0.447 e. The lowest BCUT2D eigenvalue weighted by Crippen LogP contribution is -2.42. The van der Waals surface area contributed by atoms with Crippen molar-refractivity contribution in [2.45, 2.75) is 19.0 Å². The van der Waals surface area contributed by atoms with Crippen LogP contribution in [0.1, 0.15) is 22.3 Å². The Morgan fingerprint density at radius 2 is 1.92 bits per heavy atom. The maximum atomic E-state index is 13.8. The molecule has 7 heteroatoms. The van der Waals surface area contributed by atoms with Crippen molar-refractivity contribution in [2.24, 2.45) is 0 Å². The normalized spacial score (nSPS) is 19.3. The highest BCUT2D eigenvalue weighted by Gasteiger charge is 2.38. The van der Waals surface area contributed by atoms with E-state index in [9.17, 15) is 18.4 Å². The number of rotatable bonds is 1. The first-order valence-electron chi connectivity index (χ1n) is 8.32. The van der Waals surface area contributed by atoms with Crippen molar-refractivity contribution in [1.29, 1.82) is 0 Å². The number of anilines is 1. The van der Waals surface area contributed by atoms with Crippen LogP contribution in [0.2, 0.25) is 0 Å². The summed E-state index contributed by atoms with van der Waals surface area (Å²) in [6.07, 6.45) is -0.0188. The van der Waals surface area contributed by atoms with E-state index in [2.05, 4.69) is 0 Å². The zero-order valence-electron chi connectivity index (χ0n) is 13.8. The number of carbonyl (C=O) groups excluding carboxylic acids is 2. The first-order chi connectivity index (χ1) is 12.5. The average molecular weight is 358 g/mol. The minimum Gasteiger partial charge on any atom is -0.447 e. The van der Waals surface area contributed by atoms with Gasteiger partial charge in [0.25, 0.3) is 5.91 Å². The molecule has 1 atom stereocenters. The van der Waals surface area contributed by atoms with E-state index in [4.69, 9.17) is 4.74 Å². The maximum Gasteiger partial charge on any atom is 0.414 e. The monoisotopic (exact) mass is 358 g/mol. The number of carbonyl (C=O) groups is 2. The number of amides is 2. The molecule has 1 saturated heterocycles. The van der Waals surface area contributed by atoms with Crippen LogP contribution >= 0.6 is 0 Å². The third kappa shape index (κ3) is 2.89. The van der Waals surface area contributed by atoms with E-state index >= 15 is 0 Å². The predicted molar refractivity (Wildman–Crippen MR) is 89.8 cm³/mol. The van der Waals surface area contributed by atoms with Gasteiger partial charge in [-0.1, -0.05) is 12.1 Å². The highest BCUT2D eigenvalue weighted by Crippen LogP contribution is 2.32. The van der Waals surface area contributed by atoms with Gasteiger partial charge in [-0.25, -0.2) is 13.6 Å². The Labute approximate surface area is 148 Å². The fourth-order valence-electron chi connectivity index (χ4n) is 3.43. The van der Waals surface area contributed by atoms with Crippen LogP contribution in [0.25, 0.3) is 0 Å². The minimum absolute atomic E-state index is 0.191. The summed E-state index contributed by atoms with van der Waals surface area (Å²) in [7, 11) is 0. The van der Waals surface area contributed by atoms with Crippen molar-refractivity contribution in [2.75, 3.05) is 18.1 Å². The molecule has 1 unspecified atom stereocenters. The standard InChI is InChI=1S/C19H16F2N2O3/c20-14-3-1-2-12(8-14)18(24)22-7-6-16-11-26-19(25)23(16)17-9-15(21)5-4-13(17)10-22/h1-5,8-9,16H,6-7,10-11H2. The van der Waals surface area contributed by atoms with Crippen LogP contribution in [0.3, 0.4) is 0 Å². The number of ether oxygens (including phenoxy) is 1. The Morgan fingerprint density at radius 1 is 1.12 bits per heavy atom. The summed E-state index contributed by atoms with van der Waals surface area (Å²) >= 11 is 0. The van der Waals surface area contributed by atoms with Gasteiger partial charge in [0.2, 0.25) is 0 Å². The molecule has 5 nitrogen and oxygen atoms in total. The van der Waals surface area contributed by atoms with Crippen molar-refractivity contribution in [1.82, 2.24) is 4.90 Å². The number of nitrogens with zero attached hydrogens (tertiary/aromatic N) is 2. The number of hydrogen-bond donors (Lipinski definition) is 0. The van der Waals surface area contributed by atoms with Gasteiger partial charge in [0.05, 0.1) is 11.7 Å². The second-order valence-electron chi connectivity index (χ2n) is 6.40. The molecule has 0 spiro atoms. The second-order valence-corrected chi connectivity index (χ2v) is 6.40. The molecule has 1 fully saturated rings. The molecule has 134 valence electrons. The molecular formula is C19H16F2N2O3. The highest BCUT2D eigenvalue weighted by atomic mass is 19.1. The Kier molecular flexibility index (Phi) is 4.06. The third-order valence-electron chi connectivity index (χ3n) is 4.72. The molecule has 2 amide bonds. The van der Waals surface area contributed by atoms with E-state index < -0.39 is 17.7 Å². The fraction of sp³-hybridized carbons (Fsp3) is 0.263. The fourth-order valence-corrected chi connectivity index (χ4v) is 3.43. The van der Waals surface area contributed by atoms with Crippen molar-refractivity contribution in [3.63, 3.8) is 0 Å². The third-order valence-corrected chi connectivity index (χ3v) is 4.72. The molecule has 2 aliphatic heterocycles. The maximum absolute atomic E-state index is 13.8. The number of cyclic esters (lactones) is 1.